The van der Waals surface area contributed by atoms with Crippen LogP contribution in [0.4, 0.5) is 0 Å². The van der Waals surface area contributed by atoms with Crippen LogP contribution < -0.4 is 0 Å². The molecule has 0 bridgehead atoms. The predicted octanol–water partition coefficient (Wildman–Crippen LogP) is 1.50. The van der Waals surface area contributed by atoms with Crippen LogP contribution in [0.1, 0.15) is 26.2 Å². The van der Waals surface area contributed by atoms with Gasteiger partial charge in [-0.3, -0.25) is 9.69 Å². The van der Waals surface area contributed by atoms with Crippen LogP contribution in [-0.4, -0.2) is 35.1 Å². The smallest absolute Gasteiger partial charge is 0.320 e. The molecule has 0 saturated heterocycles. The van der Waals surface area contributed by atoms with E-state index < -0.39 is 5.97 Å². The zero-order chi connectivity index (χ0) is 9.68. The maximum atomic E-state index is 10.9. The van der Waals surface area contributed by atoms with E-state index >= 15 is 0 Å². The van der Waals surface area contributed by atoms with Crippen LogP contribution in [0, 0.1) is 0 Å². The average Bonchev–Trinajstić information content (AvgIpc) is 2.57. The lowest BCUT2D eigenvalue weighted by Crippen LogP contribution is -2.39. The van der Waals surface area contributed by atoms with Gasteiger partial charge in [0.2, 0.25) is 0 Å². The lowest BCUT2D eigenvalue weighted by molar-refractivity contribution is -0.143. The van der Waals surface area contributed by atoms with Crippen molar-refractivity contribution in [3.63, 3.8) is 0 Å². The van der Waals surface area contributed by atoms with Crippen molar-refractivity contribution in [3.8, 4) is 0 Å². The second kappa shape index (κ2) is 5.02. The summed E-state index contributed by atoms with van der Waals surface area (Å²) in [5.74, 6) is -0.683. The molecule has 0 fully saturated rings. The molecule has 0 aromatic rings. The first-order valence-electron chi connectivity index (χ1n) is 4.87. The van der Waals surface area contributed by atoms with Crippen LogP contribution in [-0.2, 0) is 4.79 Å². The number of nitrogens with zero attached hydrogens (tertiary/aromatic N) is 1. The maximum Gasteiger partial charge on any atom is 0.320 e. The SMILES string of the molecule is CCCCC(C(=O)O)N1CC=CC1. The van der Waals surface area contributed by atoms with Crippen molar-refractivity contribution in [2.24, 2.45) is 0 Å². The van der Waals surface area contributed by atoms with Gasteiger partial charge in [-0.15, -0.1) is 0 Å². The van der Waals surface area contributed by atoms with E-state index in [0.717, 1.165) is 32.4 Å². The van der Waals surface area contributed by atoms with Crippen LogP contribution in [0.15, 0.2) is 12.2 Å². The minimum absolute atomic E-state index is 0.282. The Kier molecular flexibility index (Phi) is 3.96. The van der Waals surface area contributed by atoms with Crippen LogP contribution in [0.25, 0.3) is 0 Å². The molecule has 0 saturated carbocycles. The Balaban J connectivity index is 2.42. The van der Waals surface area contributed by atoms with Gasteiger partial charge >= 0.3 is 5.97 Å². The van der Waals surface area contributed by atoms with Crippen LogP contribution >= 0.6 is 0 Å². The molecule has 1 aliphatic heterocycles. The molecule has 1 N–H and O–H groups in total. The molecule has 0 spiro atoms. The summed E-state index contributed by atoms with van der Waals surface area (Å²) in [6, 6.07) is -0.282. The van der Waals surface area contributed by atoms with E-state index in [1.54, 1.807) is 0 Å². The van der Waals surface area contributed by atoms with Gasteiger partial charge in [0.05, 0.1) is 0 Å². The van der Waals surface area contributed by atoms with E-state index in [9.17, 15) is 4.79 Å². The highest BCUT2D eigenvalue weighted by Crippen LogP contribution is 2.12. The summed E-state index contributed by atoms with van der Waals surface area (Å²) in [7, 11) is 0. The number of aliphatic carboxylic acids is 1. The van der Waals surface area contributed by atoms with Gasteiger partial charge in [-0.2, -0.15) is 0 Å². The predicted molar refractivity (Wildman–Crippen MR) is 51.7 cm³/mol. The number of carboxylic acids is 1. The molecule has 1 atom stereocenters. The minimum Gasteiger partial charge on any atom is -0.480 e. The van der Waals surface area contributed by atoms with E-state index in [4.69, 9.17) is 5.11 Å². The Morgan fingerprint density at radius 1 is 1.54 bits per heavy atom. The summed E-state index contributed by atoms with van der Waals surface area (Å²) in [5, 5.41) is 8.99. The molecule has 3 nitrogen and oxygen atoms in total. The van der Waals surface area contributed by atoms with Gasteiger partial charge in [0.25, 0.3) is 0 Å². The number of carboxylic acid groups (broad SMARTS) is 1. The topological polar surface area (TPSA) is 40.5 Å². The average molecular weight is 183 g/mol. The number of hydrogen-bond donors (Lipinski definition) is 1. The van der Waals surface area contributed by atoms with Crippen molar-refractivity contribution in [2.45, 2.75) is 32.2 Å². The van der Waals surface area contributed by atoms with E-state index in [-0.39, 0.29) is 6.04 Å². The minimum atomic E-state index is -0.683. The van der Waals surface area contributed by atoms with Gasteiger partial charge in [0.15, 0.2) is 0 Å². The maximum absolute atomic E-state index is 10.9. The largest absolute Gasteiger partial charge is 0.480 e. The summed E-state index contributed by atoms with van der Waals surface area (Å²) < 4.78 is 0. The molecule has 13 heavy (non-hydrogen) atoms. The first-order chi connectivity index (χ1) is 6.25. The monoisotopic (exact) mass is 183 g/mol. The van der Waals surface area contributed by atoms with Crippen molar-refractivity contribution < 1.29 is 9.90 Å². The number of hydrogen-bond acceptors (Lipinski definition) is 2. The van der Waals surface area contributed by atoms with Gasteiger partial charge < -0.3 is 5.11 Å². The fourth-order valence-corrected chi connectivity index (χ4v) is 1.61. The summed E-state index contributed by atoms with van der Waals surface area (Å²) in [5.41, 5.74) is 0. The van der Waals surface area contributed by atoms with Gasteiger partial charge in [-0.1, -0.05) is 31.9 Å². The highest BCUT2D eigenvalue weighted by molar-refractivity contribution is 5.73. The number of rotatable bonds is 5. The van der Waals surface area contributed by atoms with Gasteiger partial charge in [0.1, 0.15) is 6.04 Å². The van der Waals surface area contributed by atoms with Gasteiger partial charge in [0, 0.05) is 13.1 Å². The molecule has 1 rings (SSSR count). The molecule has 0 amide bonds. The zero-order valence-electron chi connectivity index (χ0n) is 8.07. The standard InChI is InChI=1S/C10H17NO2/c1-2-3-6-9(10(12)13)11-7-4-5-8-11/h4-5,9H,2-3,6-8H2,1H3,(H,12,13). The lowest BCUT2D eigenvalue weighted by atomic mass is 10.1. The first-order valence-corrected chi connectivity index (χ1v) is 4.87. The number of unbranched alkanes of at least 4 members (excludes halogenated alkanes) is 1. The molecule has 1 aliphatic rings. The number of carbonyl (C=O) groups is 1. The Bertz CT molecular complexity index is 193. The fourth-order valence-electron chi connectivity index (χ4n) is 1.61. The fraction of sp³-hybridized carbons (Fsp3) is 0.700. The van der Waals surface area contributed by atoms with Crippen LogP contribution in [0.5, 0.6) is 0 Å². The molecule has 0 aromatic heterocycles. The lowest BCUT2D eigenvalue weighted by Gasteiger charge is -2.23. The van der Waals surface area contributed by atoms with Crippen molar-refractivity contribution in [3.05, 3.63) is 12.2 Å². The Hall–Kier alpha value is -0.830. The molecule has 1 unspecified atom stereocenters. The van der Waals surface area contributed by atoms with Crippen molar-refractivity contribution in [1.82, 2.24) is 4.90 Å². The van der Waals surface area contributed by atoms with Gasteiger partial charge in [-0.25, -0.2) is 0 Å². The molecule has 0 radical (unpaired) electrons. The Labute approximate surface area is 79.0 Å². The molecule has 0 aromatic carbocycles. The summed E-state index contributed by atoms with van der Waals surface area (Å²) in [6.07, 6.45) is 6.88. The molecule has 1 heterocycles. The first kappa shape index (κ1) is 10.3. The van der Waals surface area contributed by atoms with Crippen LogP contribution in [0.3, 0.4) is 0 Å². The third-order valence-electron chi connectivity index (χ3n) is 2.40. The third-order valence-corrected chi connectivity index (χ3v) is 2.40. The summed E-state index contributed by atoms with van der Waals surface area (Å²) in [4.78, 5) is 12.9. The van der Waals surface area contributed by atoms with E-state index in [0.29, 0.717) is 0 Å². The summed E-state index contributed by atoms with van der Waals surface area (Å²) in [6.45, 7) is 3.67. The van der Waals surface area contributed by atoms with Gasteiger partial charge in [-0.05, 0) is 6.42 Å². The molecular formula is C10H17NO2. The summed E-state index contributed by atoms with van der Waals surface area (Å²) >= 11 is 0. The normalized spacial score (nSPS) is 19.2. The Morgan fingerprint density at radius 3 is 2.62 bits per heavy atom. The van der Waals surface area contributed by atoms with Crippen molar-refractivity contribution >= 4 is 5.97 Å². The van der Waals surface area contributed by atoms with E-state index in [1.165, 1.54) is 0 Å². The highest BCUT2D eigenvalue weighted by Gasteiger charge is 2.24. The quantitative estimate of drug-likeness (QED) is 0.657. The zero-order valence-corrected chi connectivity index (χ0v) is 8.07. The van der Waals surface area contributed by atoms with Crippen LogP contribution in [0.2, 0.25) is 0 Å². The van der Waals surface area contributed by atoms with E-state index in [2.05, 4.69) is 6.92 Å². The van der Waals surface area contributed by atoms with Crippen molar-refractivity contribution in [1.29, 1.82) is 0 Å². The molecule has 3 heteroatoms. The highest BCUT2D eigenvalue weighted by atomic mass is 16.4. The molecular weight excluding hydrogens is 166 g/mol. The second-order valence-electron chi connectivity index (χ2n) is 3.42. The third kappa shape index (κ3) is 2.84. The molecule has 0 aliphatic carbocycles. The second-order valence-corrected chi connectivity index (χ2v) is 3.42. The molecule has 74 valence electrons. The van der Waals surface area contributed by atoms with E-state index in [1.807, 2.05) is 17.1 Å². The van der Waals surface area contributed by atoms with Crippen molar-refractivity contribution in [2.75, 3.05) is 13.1 Å². The Morgan fingerprint density at radius 2 is 2.15 bits per heavy atom.